The van der Waals surface area contributed by atoms with E-state index in [0.29, 0.717) is 28.9 Å². The van der Waals surface area contributed by atoms with Gasteiger partial charge in [-0.2, -0.15) is 0 Å². The van der Waals surface area contributed by atoms with Crippen LogP contribution in [-0.2, 0) is 26.2 Å². The minimum Gasteiger partial charge on any atom is -0.497 e. The molecule has 0 saturated heterocycles. The highest BCUT2D eigenvalue weighted by Gasteiger charge is 2.33. The Balaban J connectivity index is 2.05. The van der Waals surface area contributed by atoms with E-state index in [1.807, 2.05) is 32.9 Å². The number of amides is 2. The van der Waals surface area contributed by atoms with E-state index in [4.69, 9.17) is 4.74 Å². The molecule has 0 radical (unpaired) electrons. The Morgan fingerprint density at radius 1 is 0.975 bits per heavy atom. The van der Waals surface area contributed by atoms with Crippen LogP contribution in [0.15, 0.2) is 88.2 Å². The van der Waals surface area contributed by atoms with Crippen molar-refractivity contribution in [1.82, 2.24) is 10.2 Å². The average Bonchev–Trinajstić information content (AvgIpc) is 2.95. The van der Waals surface area contributed by atoms with E-state index < -0.39 is 28.5 Å². The number of carbonyl (C=O) groups excluding carboxylic acids is 2. The van der Waals surface area contributed by atoms with Gasteiger partial charge in [-0.3, -0.25) is 13.9 Å². The van der Waals surface area contributed by atoms with Crippen molar-refractivity contribution in [3.8, 4) is 5.75 Å². The van der Waals surface area contributed by atoms with Crippen molar-refractivity contribution < 1.29 is 22.7 Å². The molecular formula is C30H36BrN3O5S. The molecule has 0 unspecified atom stereocenters. The second kappa shape index (κ2) is 14.3. The highest BCUT2D eigenvalue weighted by Crippen LogP contribution is 2.27. The Morgan fingerprint density at radius 3 is 2.30 bits per heavy atom. The van der Waals surface area contributed by atoms with Crippen LogP contribution < -0.4 is 14.4 Å². The zero-order valence-electron chi connectivity index (χ0n) is 23.2. The van der Waals surface area contributed by atoms with Crippen LogP contribution in [0, 0.1) is 5.92 Å². The van der Waals surface area contributed by atoms with Crippen molar-refractivity contribution in [2.45, 2.75) is 44.7 Å². The lowest BCUT2D eigenvalue weighted by Crippen LogP contribution is -2.52. The summed E-state index contributed by atoms with van der Waals surface area (Å²) in [6.07, 6.45) is 0.349. The summed E-state index contributed by atoms with van der Waals surface area (Å²) in [6.45, 7) is 5.88. The molecule has 0 spiro atoms. The standard InChI is InChI=1S/C30H36BrN3O5S/c1-5-28(30(36)32-19-22(2)3)33(20-23-11-9-14-26(17-23)39-4)29(35)21-34(25-13-10-12-24(31)18-25)40(37,38)27-15-7-6-8-16-27/h6-18,22,28H,5,19-21H2,1-4H3,(H,32,36)/t28-/m1/s1. The van der Waals surface area contributed by atoms with Gasteiger partial charge in [0, 0.05) is 17.6 Å². The summed E-state index contributed by atoms with van der Waals surface area (Å²) < 4.78 is 34.8. The Kier molecular flexibility index (Phi) is 11.2. The van der Waals surface area contributed by atoms with Gasteiger partial charge in [0.2, 0.25) is 11.8 Å². The lowest BCUT2D eigenvalue weighted by atomic mass is 10.1. The maximum absolute atomic E-state index is 14.1. The molecule has 0 aliphatic rings. The number of nitrogens with one attached hydrogen (secondary N) is 1. The molecule has 3 aromatic rings. The van der Waals surface area contributed by atoms with Crippen LogP contribution in [0.5, 0.6) is 5.75 Å². The van der Waals surface area contributed by atoms with E-state index in [2.05, 4.69) is 21.2 Å². The molecule has 8 nitrogen and oxygen atoms in total. The lowest BCUT2D eigenvalue weighted by molar-refractivity contribution is -0.140. The number of sulfonamides is 1. The number of hydrogen-bond acceptors (Lipinski definition) is 5. The number of nitrogens with zero attached hydrogens (tertiary/aromatic N) is 2. The number of rotatable bonds is 13. The average molecular weight is 631 g/mol. The first kappa shape index (κ1) is 31.2. The van der Waals surface area contributed by atoms with E-state index in [9.17, 15) is 18.0 Å². The van der Waals surface area contributed by atoms with Gasteiger partial charge in [0.15, 0.2) is 0 Å². The van der Waals surface area contributed by atoms with Gasteiger partial charge in [-0.05, 0) is 60.4 Å². The summed E-state index contributed by atoms with van der Waals surface area (Å²) in [4.78, 5) is 28.9. The first-order valence-corrected chi connectivity index (χ1v) is 15.3. The molecule has 40 heavy (non-hydrogen) atoms. The summed E-state index contributed by atoms with van der Waals surface area (Å²) in [6, 6.07) is 21.2. The van der Waals surface area contributed by atoms with Gasteiger partial charge in [0.25, 0.3) is 10.0 Å². The Morgan fingerprint density at radius 2 is 1.68 bits per heavy atom. The monoisotopic (exact) mass is 629 g/mol. The van der Waals surface area contributed by atoms with Gasteiger partial charge >= 0.3 is 0 Å². The first-order valence-electron chi connectivity index (χ1n) is 13.1. The topological polar surface area (TPSA) is 96.0 Å². The summed E-state index contributed by atoms with van der Waals surface area (Å²) >= 11 is 3.41. The Hall–Kier alpha value is -3.37. The van der Waals surface area contributed by atoms with Gasteiger partial charge < -0.3 is 15.0 Å². The fraction of sp³-hybridized carbons (Fsp3) is 0.333. The highest BCUT2D eigenvalue weighted by atomic mass is 79.9. The zero-order chi connectivity index (χ0) is 29.3. The molecule has 0 aromatic heterocycles. The van der Waals surface area contributed by atoms with Crippen molar-refractivity contribution >= 4 is 43.5 Å². The van der Waals surface area contributed by atoms with Crippen LogP contribution in [0.4, 0.5) is 5.69 Å². The molecule has 0 heterocycles. The van der Waals surface area contributed by atoms with Crippen LogP contribution in [0.2, 0.25) is 0 Å². The van der Waals surface area contributed by atoms with E-state index in [-0.39, 0.29) is 23.3 Å². The van der Waals surface area contributed by atoms with Crippen LogP contribution in [0.25, 0.3) is 0 Å². The lowest BCUT2D eigenvalue weighted by Gasteiger charge is -2.33. The molecule has 0 fully saturated rings. The number of carbonyl (C=O) groups is 2. The predicted octanol–water partition coefficient (Wildman–Crippen LogP) is 5.23. The van der Waals surface area contributed by atoms with Crippen molar-refractivity contribution in [1.29, 1.82) is 0 Å². The van der Waals surface area contributed by atoms with Crippen molar-refractivity contribution in [2.24, 2.45) is 5.92 Å². The number of benzene rings is 3. The normalized spacial score (nSPS) is 12.1. The van der Waals surface area contributed by atoms with Crippen molar-refractivity contribution in [3.63, 3.8) is 0 Å². The van der Waals surface area contributed by atoms with E-state index in [1.165, 1.54) is 17.0 Å². The maximum Gasteiger partial charge on any atom is 0.264 e. The van der Waals surface area contributed by atoms with Crippen LogP contribution in [0.1, 0.15) is 32.8 Å². The van der Waals surface area contributed by atoms with Crippen LogP contribution in [0.3, 0.4) is 0 Å². The molecule has 0 aliphatic heterocycles. The second-order valence-corrected chi connectivity index (χ2v) is 12.5. The molecule has 0 saturated carbocycles. The predicted molar refractivity (Wildman–Crippen MR) is 161 cm³/mol. The van der Waals surface area contributed by atoms with E-state index >= 15 is 0 Å². The van der Waals surface area contributed by atoms with Gasteiger partial charge in [0.1, 0.15) is 18.3 Å². The number of anilines is 1. The molecule has 3 aromatic carbocycles. The van der Waals surface area contributed by atoms with Crippen LogP contribution in [-0.4, -0.2) is 51.4 Å². The van der Waals surface area contributed by atoms with Gasteiger partial charge in [-0.25, -0.2) is 8.42 Å². The molecule has 0 bridgehead atoms. The quantitative estimate of drug-likeness (QED) is 0.279. The number of methoxy groups -OCH3 is 1. The summed E-state index contributed by atoms with van der Waals surface area (Å²) in [5, 5.41) is 2.93. The fourth-order valence-electron chi connectivity index (χ4n) is 4.19. The van der Waals surface area contributed by atoms with Crippen molar-refractivity contribution in [2.75, 3.05) is 24.5 Å². The highest BCUT2D eigenvalue weighted by molar-refractivity contribution is 9.10. The number of halogens is 1. The van der Waals surface area contributed by atoms with E-state index in [0.717, 1.165) is 9.87 Å². The SMILES string of the molecule is CC[C@H](C(=O)NCC(C)C)N(Cc1cccc(OC)c1)C(=O)CN(c1cccc(Br)c1)S(=O)(=O)c1ccccc1. The second-order valence-electron chi connectivity index (χ2n) is 9.74. The third-order valence-corrected chi connectivity index (χ3v) is 8.55. The third kappa shape index (κ3) is 8.08. The van der Waals surface area contributed by atoms with E-state index in [1.54, 1.807) is 61.7 Å². The summed E-state index contributed by atoms with van der Waals surface area (Å²) in [5.41, 5.74) is 1.08. The zero-order valence-corrected chi connectivity index (χ0v) is 25.6. The molecule has 1 N–H and O–H groups in total. The number of ether oxygens (including phenoxy) is 1. The molecule has 3 rings (SSSR count). The smallest absolute Gasteiger partial charge is 0.264 e. The fourth-order valence-corrected chi connectivity index (χ4v) is 6.00. The molecule has 1 atom stereocenters. The largest absolute Gasteiger partial charge is 0.497 e. The summed E-state index contributed by atoms with van der Waals surface area (Å²) in [7, 11) is -2.56. The molecular weight excluding hydrogens is 594 g/mol. The Bertz CT molecular complexity index is 1400. The molecule has 0 aliphatic carbocycles. The van der Waals surface area contributed by atoms with Crippen molar-refractivity contribution in [3.05, 3.63) is 88.9 Å². The van der Waals surface area contributed by atoms with Gasteiger partial charge in [-0.15, -0.1) is 0 Å². The minimum absolute atomic E-state index is 0.0591. The van der Waals surface area contributed by atoms with Crippen LogP contribution >= 0.6 is 15.9 Å². The first-order chi connectivity index (χ1) is 19.1. The molecule has 2 amide bonds. The number of hydrogen-bond donors (Lipinski definition) is 1. The molecule has 10 heteroatoms. The summed E-state index contributed by atoms with van der Waals surface area (Å²) in [5.74, 6) is 0.0536. The van der Waals surface area contributed by atoms with Gasteiger partial charge in [-0.1, -0.05) is 73.1 Å². The van der Waals surface area contributed by atoms with Gasteiger partial charge in [0.05, 0.1) is 17.7 Å². The minimum atomic E-state index is -4.11. The maximum atomic E-state index is 14.1. The third-order valence-electron chi connectivity index (χ3n) is 6.26. The Labute approximate surface area is 245 Å². The molecule has 214 valence electrons.